The third-order valence-electron chi connectivity index (χ3n) is 4.28. The van der Waals surface area contributed by atoms with Gasteiger partial charge in [0.15, 0.2) is 6.61 Å². The minimum absolute atomic E-state index is 0.146. The standard InChI is InChI=1S/C17H20N2O4/c20-15(19-8-7-18-17(19)22)11-23-16(21)10-12-5-6-13-3-1-2-4-14(13)9-12/h5-6,9H,1-4,7-8,10-11H2,(H,18,22). The summed E-state index contributed by atoms with van der Waals surface area (Å²) in [4.78, 5) is 36.1. The number of nitrogens with zero attached hydrogens (tertiary/aromatic N) is 1. The van der Waals surface area contributed by atoms with E-state index in [2.05, 4.69) is 17.4 Å². The molecule has 1 aliphatic carbocycles. The molecule has 0 bridgehead atoms. The van der Waals surface area contributed by atoms with Gasteiger partial charge in [-0.25, -0.2) is 4.79 Å². The Morgan fingerprint density at radius 3 is 2.70 bits per heavy atom. The molecule has 0 spiro atoms. The number of carbonyl (C=O) groups excluding carboxylic acids is 3. The summed E-state index contributed by atoms with van der Waals surface area (Å²) >= 11 is 0. The Hall–Kier alpha value is -2.37. The van der Waals surface area contributed by atoms with Crippen LogP contribution in [0.2, 0.25) is 0 Å². The topological polar surface area (TPSA) is 75.7 Å². The largest absolute Gasteiger partial charge is 0.455 e. The molecule has 1 aromatic rings. The number of amides is 3. The van der Waals surface area contributed by atoms with Crippen LogP contribution >= 0.6 is 0 Å². The maximum Gasteiger partial charge on any atom is 0.324 e. The zero-order valence-corrected chi connectivity index (χ0v) is 13.0. The van der Waals surface area contributed by atoms with Crippen LogP contribution in [0.25, 0.3) is 0 Å². The van der Waals surface area contributed by atoms with E-state index in [1.807, 2.05) is 6.07 Å². The number of hydrogen-bond acceptors (Lipinski definition) is 4. The predicted molar refractivity (Wildman–Crippen MR) is 82.9 cm³/mol. The zero-order chi connectivity index (χ0) is 16.2. The van der Waals surface area contributed by atoms with E-state index in [9.17, 15) is 14.4 Å². The first kappa shape index (κ1) is 15.5. The van der Waals surface area contributed by atoms with E-state index in [0.29, 0.717) is 13.1 Å². The number of rotatable bonds is 4. The average molecular weight is 316 g/mol. The van der Waals surface area contributed by atoms with Crippen molar-refractivity contribution in [2.75, 3.05) is 19.7 Å². The SMILES string of the molecule is O=C(Cc1ccc2c(c1)CCCC2)OCC(=O)N1CCNC1=O. The molecule has 1 aliphatic heterocycles. The molecule has 6 nitrogen and oxygen atoms in total. The van der Waals surface area contributed by atoms with Crippen LogP contribution in [0.1, 0.15) is 29.5 Å². The van der Waals surface area contributed by atoms with Gasteiger partial charge in [0.25, 0.3) is 5.91 Å². The lowest BCUT2D eigenvalue weighted by molar-refractivity contribution is -0.150. The van der Waals surface area contributed by atoms with Crippen molar-refractivity contribution in [3.05, 3.63) is 34.9 Å². The molecule has 122 valence electrons. The van der Waals surface area contributed by atoms with Crippen LogP contribution in [0, 0.1) is 0 Å². The molecule has 23 heavy (non-hydrogen) atoms. The van der Waals surface area contributed by atoms with Gasteiger partial charge in [0, 0.05) is 13.1 Å². The Morgan fingerprint density at radius 1 is 1.17 bits per heavy atom. The van der Waals surface area contributed by atoms with Gasteiger partial charge in [-0.2, -0.15) is 0 Å². The van der Waals surface area contributed by atoms with E-state index in [1.165, 1.54) is 24.0 Å². The molecule has 1 heterocycles. The molecule has 0 atom stereocenters. The highest BCUT2D eigenvalue weighted by Crippen LogP contribution is 2.22. The molecule has 0 aromatic heterocycles. The molecule has 3 amide bonds. The van der Waals surface area contributed by atoms with Crippen LogP contribution in [0.4, 0.5) is 4.79 Å². The number of fused-ring (bicyclic) bond motifs is 1. The van der Waals surface area contributed by atoms with E-state index < -0.39 is 24.5 Å². The maximum absolute atomic E-state index is 11.9. The summed E-state index contributed by atoms with van der Waals surface area (Å²) in [5.41, 5.74) is 3.58. The summed E-state index contributed by atoms with van der Waals surface area (Å²) in [6.07, 6.45) is 4.72. The molecule has 2 aliphatic rings. The number of imide groups is 1. The lowest BCUT2D eigenvalue weighted by Crippen LogP contribution is -2.37. The average Bonchev–Trinajstić information content (AvgIpc) is 2.98. The van der Waals surface area contributed by atoms with E-state index in [4.69, 9.17) is 4.74 Å². The van der Waals surface area contributed by atoms with Crippen molar-refractivity contribution >= 4 is 17.9 Å². The fraction of sp³-hybridized carbons (Fsp3) is 0.471. The van der Waals surface area contributed by atoms with E-state index in [-0.39, 0.29) is 6.42 Å². The second-order valence-electron chi connectivity index (χ2n) is 5.92. The molecule has 1 aromatic carbocycles. The molecule has 1 fully saturated rings. The van der Waals surface area contributed by atoms with Crippen molar-refractivity contribution in [3.8, 4) is 0 Å². The first-order valence-corrected chi connectivity index (χ1v) is 7.98. The number of nitrogens with one attached hydrogen (secondary N) is 1. The predicted octanol–water partition coefficient (Wildman–Crippen LogP) is 1.20. The van der Waals surface area contributed by atoms with Crippen molar-refractivity contribution in [1.82, 2.24) is 10.2 Å². The second-order valence-corrected chi connectivity index (χ2v) is 5.92. The smallest absolute Gasteiger partial charge is 0.324 e. The first-order chi connectivity index (χ1) is 11.1. The maximum atomic E-state index is 11.9. The van der Waals surface area contributed by atoms with Gasteiger partial charge in [0.1, 0.15) is 0 Å². The van der Waals surface area contributed by atoms with Crippen LogP contribution in [-0.4, -0.2) is 42.5 Å². The lowest BCUT2D eigenvalue weighted by atomic mass is 9.90. The highest BCUT2D eigenvalue weighted by molar-refractivity contribution is 5.97. The number of ether oxygens (including phenoxy) is 1. The van der Waals surface area contributed by atoms with Crippen LogP contribution in [0.15, 0.2) is 18.2 Å². The van der Waals surface area contributed by atoms with Crippen molar-refractivity contribution in [1.29, 1.82) is 0 Å². The molecular formula is C17H20N2O4. The van der Waals surface area contributed by atoms with Gasteiger partial charge in [0.2, 0.25) is 0 Å². The van der Waals surface area contributed by atoms with Crippen molar-refractivity contribution in [2.24, 2.45) is 0 Å². The number of hydrogen-bond donors (Lipinski definition) is 1. The molecule has 0 saturated carbocycles. The van der Waals surface area contributed by atoms with Crippen molar-refractivity contribution < 1.29 is 19.1 Å². The number of urea groups is 1. The molecule has 1 N–H and O–H groups in total. The normalized spacial score (nSPS) is 16.7. The van der Waals surface area contributed by atoms with E-state index in [0.717, 1.165) is 23.3 Å². The number of benzene rings is 1. The van der Waals surface area contributed by atoms with Crippen LogP contribution < -0.4 is 5.32 Å². The highest BCUT2D eigenvalue weighted by Gasteiger charge is 2.26. The Balaban J connectivity index is 1.51. The summed E-state index contributed by atoms with van der Waals surface area (Å²) in [6, 6.07) is 5.66. The minimum atomic E-state index is -0.487. The lowest BCUT2D eigenvalue weighted by Gasteiger charge is -2.16. The zero-order valence-electron chi connectivity index (χ0n) is 13.0. The number of carbonyl (C=O) groups is 3. The Labute approximate surface area is 134 Å². The monoisotopic (exact) mass is 316 g/mol. The number of esters is 1. The Kier molecular flexibility index (Phi) is 4.60. The quantitative estimate of drug-likeness (QED) is 0.847. The summed E-state index contributed by atoms with van der Waals surface area (Å²) in [6.45, 7) is 0.366. The van der Waals surface area contributed by atoms with Gasteiger partial charge in [-0.3, -0.25) is 14.5 Å². The Morgan fingerprint density at radius 2 is 1.96 bits per heavy atom. The van der Waals surface area contributed by atoms with Crippen LogP contribution in [0.5, 0.6) is 0 Å². The van der Waals surface area contributed by atoms with Crippen LogP contribution in [-0.2, 0) is 33.6 Å². The molecule has 0 unspecified atom stereocenters. The third kappa shape index (κ3) is 3.70. The van der Waals surface area contributed by atoms with Crippen molar-refractivity contribution in [2.45, 2.75) is 32.1 Å². The fourth-order valence-electron chi connectivity index (χ4n) is 3.04. The molecule has 6 heteroatoms. The summed E-state index contributed by atoms with van der Waals surface area (Å²) in [7, 11) is 0. The molecular weight excluding hydrogens is 296 g/mol. The first-order valence-electron chi connectivity index (χ1n) is 7.98. The summed E-state index contributed by atoms with van der Waals surface area (Å²) in [5, 5.41) is 2.53. The second kappa shape index (κ2) is 6.81. The summed E-state index contributed by atoms with van der Waals surface area (Å²) < 4.78 is 5.00. The van der Waals surface area contributed by atoms with Gasteiger partial charge < -0.3 is 10.1 Å². The molecule has 1 saturated heterocycles. The number of aryl methyl sites for hydroxylation is 2. The van der Waals surface area contributed by atoms with Gasteiger partial charge in [-0.1, -0.05) is 18.2 Å². The van der Waals surface area contributed by atoms with E-state index >= 15 is 0 Å². The van der Waals surface area contributed by atoms with Gasteiger partial charge in [0.05, 0.1) is 6.42 Å². The van der Waals surface area contributed by atoms with Gasteiger partial charge in [-0.05, 0) is 42.4 Å². The van der Waals surface area contributed by atoms with Gasteiger partial charge in [-0.15, -0.1) is 0 Å². The van der Waals surface area contributed by atoms with Gasteiger partial charge >= 0.3 is 12.0 Å². The van der Waals surface area contributed by atoms with E-state index in [1.54, 1.807) is 0 Å². The molecule has 0 radical (unpaired) electrons. The third-order valence-corrected chi connectivity index (χ3v) is 4.28. The highest BCUT2D eigenvalue weighted by atomic mass is 16.5. The van der Waals surface area contributed by atoms with Crippen molar-refractivity contribution in [3.63, 3.8) is 0 Å². The van der Waals surface area contributed by atoms with Crippen LogP contribution in [0.3, 0.4) is 0 Å². The Bertz CT molecular complexity index is 641. The summed E-state index contributed by atoms with van der Waals surface area (Å²) in [5.74, 6) is -0.937. The fourth-order valence-corrected chi connectivity index (χ4v) is 3.04. The minimum Gasteiger partial charge on any atom is -0.455 e. The molecule has 3 rings (SSSR count).